The molecule has 0 bridgehead atoms. The summed E-state index contributed by atoms with van der Waals surface area (Å²) in [5.41, 5.74) is 1.54. The summed E-state index contributed by atoms with van der Waals surface area (Å²) in [6.45, 7) is 4.91. The molecule has 0 radical (unpaired) electrons. The van der Waals surface area contributed by atoms with E-state index < -0.39 is 25.1 Å². The zero-order valence-electron chi connectivity index (χ0n) is 22.8. The van der Waals surface area contributed by atoms with Gasteiger partial charge in [0.05, 0.1) is 12.1 Å². The number of carbonyl (C=O) groups is 1. The molecule has 2 aromatic heterocycles. The van der Waals surface area contributed by atoms with Gasteiger partial charge >= 0.3 is 6.18 Å². The maximum atomic E-state index is 14.2. The highest BCUT2D eigenvalue weighted by atomic mass is 32.2. The number of amides is 1. The number of fused-ring (bicyclic) bond motifs is 1. The summed E-state index contributed by atoms with van der Waals surface area (Å²) >= 11 is 1.37. The molecule has 1 saturated heterocycles. The fourth-order valence-corrected chi connectivity index (χ4v) is 6.55. The highest BCUT2D eigenvalue weighted by Crippen LogP contribution is 2.39. The lowest BCUT2D eigenvalue weighted by molar-refractivity contribution is -0.149. The molecule has 1 aliphatic heterocycles. The van der Waals surface area contributed by atoms with Gasteiger partial charge in [-0.1, -0.05) is 12.1 Å². The monoisotopic (exact) mass is 584 g/mol. The number of nitrogens with zero attached hydrogens (tertiary/aromatic N) is 2. The molecule has 1 amide bonds. The second-order valence-electron chi connectivity index (χ2n) is 10.4. The van der Waals surface area contributed by atoms with E-state index in [1.54, 1.807) is 26.0 Å². The lowest BCUT2D eigenvalue weighted by atomic mass is 9.90. The van der Waals surface area contributed by atoms with Gasteiger partial charge in [-0.2, -0.15) is 13.2 Å². The predicted molar refractivity (Wildman–Crippen MR) is 146 cm³/mol. The maximum absolute atomic E-state index is 14.2. The van der Waals surface area contributed by atoms with Gasteiger partial charge in [0, 0.05) is 50.9 Å². The zero-order valence-corrected chi connectivity index (χ0v) is 23.6. The van der Waals surface area contributed by atoms with Crippen LogP contribution in [0.15, 0.2) is 34.0 Å². The molecule has 0 aliphatic carbocycles. The molecule has 1 atom stereocenters. The third-order valence-corrected chi connectivity index (χ3v) is 8.57. The van der Waals surface area contributed by atoms with Crippen LogP contribution in [0.1, 0.15) is 65.1 Å². The van der Waals surface area contributed by atoms with E-state index in [0.29, 0.717) is 40.2 Å². The molecule has 2 N–H and O–H groups in total. The number of aromatic nitrogens is 2. The third-order valence-electron chi connectivity index (χ3n) is 7.77. The number of H-pyrrole nitrogens is 1. The Labute approximate surface area is 233 Å². The highest BCUT2D eigenvalue weighted by molar-refractivity contribution is 7.98. The van der Waals surface area contributed by atoms with Gasteiger partial charge in [0.25, 0.3) is 17.9 Å². The normalized spacial score (nSPS) is 16.1. The van der Waals surface area contributed by atoms with Crippen LogP contribution in [0.3, 0.4) is 0 Å². The number of likely N-dealkylation sites (tertiary alicyclic amines) is 1. The molecule has 12 heteroatoms. The van der Waals surface area contributed by atoms with Gasteiger partial charge in [-0.3, -0.25) is 14.5 Å². The van der Waals surface area contributed by atoms with Crippen LogP contribution in [0, 0.1) is 19.8 Å². The average Bonchev–Trinajstić information content (AvgIpc) is 3.18. The van der Waals surface area contributed by atoms with Crippen LogP contribution in [-0.2, 0) is 6.54 Å². The summed E-state index contributed by atoms with van der Waals surface area (Å²) in [5.74, 6) is -0.575. The minimum Gasteiger partial charge on any atom is -0.348 e. The molecular weight excluding hydrogens is 551 g/mol. The van der Waals surface area contributed by atoms with E-state index in [1.165, 1.54) is 28.8 Å². The van der Waals surface area contributed by atoms with E-state index >= 15 is 0 Å². The number of halogens is 5. The molecular formula is C28H33F5N4O2S. The van der Waals surface area contributed by atoms with E-state index in [1.807, 2.05) is 17.7 Å². The second kappa shape index (κ2) is 11.9. The van der Waals surface area contributed by atoms with Crippen molar-refractivity contribution in [2.75, 3.05) is 25.9 Å². The minimum absolute atomic E-state index is 0.000144. The molecule has 1 fully saturated rings. The molecule has 4 rings (SSSR count). The van der Waals surface area contributed by atoms with Crippen molar-refractivity contribution in [1.29, 1.82) is 0 Å². The highest BCUT2D eigenvalue weighted by Gasteiger charge is 2.35. The molecule has 0 saturated carbocycles. The number of pyridine rings is 1. The van der Waals surface area contributed by atoms with Crippen LogP contribution >= 0.6 is 11.8 Å². The van der Waals surface area contributed by atoms with Crippen LogP contribution in [0.5, 0.6) is 0 Å². The molecule has 3 heterocycles. The van der Waals surface area contributed by atoms with Crippen molar-refractivity contribution in [3.05, 3.63) is 62.7 Å². The van der Waals surface area contributed by atoms with Gasteiger partial charge in [-0.15, -0.1) is 11.8 Å². The van der Waals surface area contributed by atoms with Crippen molar-refractivity contribution in [3.8, 4) is 0 Å². The number of hydrogen-bond acceptors (Lipinski definition) is 4. The largest absolute Gasteiger partial charge is 0.401 e. The minimum atomic E-state index is -4.26. The van der Waals surface area contributed by atoms with Crippen LogP contribution in [-0.4, -0.2) is 52.4 Å². The van der Waals surface area contributed by atoms with Crippen LogP contribution in [0.2, 0.25) is 0 Å². The van der Waals surface area contributed by atoms with Gasteiger partial charge in [0.1, 0.15) is 0 Å². The molecule has 1 unspecified atom stereocenters. The first kappa shape index (κ1) is 30.1. The number of piperidine rings is 1. The average molecular weight is 585 g/mol. The first-order valence-electron chi connectivity index (χ1n) is 13.1. The van der Waals surface area contributed by atoms with Gasteiger partial charge in [0.15, 0.2) is 0 Å². The molecule has 1 aliphatic rings. The summed E-state index contributed by atoms with van der Waals surface area (Å²) in [7, 11) is 0. The quantitative estimate of drug-likeness (QED) is 0.239. The van der Waals surface area contributed by atoms with Gasteiger partial charge in [-0.25, -0.2) is 8.78 Å². The van der Waals surface area contributed by atoms with E-state index in [4.69, 9.17) is 0 Å². The maximum Gasteiger partial charge on any atom is 0.401 e. The number of aromatic amines is 1. The van der Waals surface area contributed by atoms with Gasteiger partial charge < -0.3 is 14.9 Å². The number of alkyl halides is 5. The summed E-state index contributed by atoms with van der Waals surface area (Å²) in [6.07, 6.45) is -4.24. The first-order valence-corrected chi connectivity index (χ1v) is 14.3. The number of carbonyl (C=O) groups excluding carboxylic acids is 1. The third kappa shape index (κ3) is 6.22. The van der Waals surface area contributed by atoms with Crippen molar-refractivity contribution in [2.45, 2.75) is 63.7 Å². The number of hydrogen-bond donors (Lipinski definition) is 2. The number of benzene rings is 1. The van der Waals surface area contributed by atoms with Crippen molar-refractivity contribution in [2.24, 2.45) is 5.92 Å². The van der Waals surface area contributed by atoms with E-state index in [-0.39, 0.29) is 53.7 Å². The van der Waals surface area contributed by atoms with E-state index in [9.17, 15) is 31.5 Å². The first-order chi connectivity index (χ1) is 18.8. The summed E-state index contributed by atoms with van der Waals surface area (Å²) < 4.78 is 68.8. The Morgan fingerprint density at radius 1 is 1.20 bits per heavy atom. The van der Waals surface area contributed by atoms with Crippen molar-refractivity contribution in [3.63, 3.8) is 0 Å². The zero-order chi connectivity index (χ0) is 29.4. The van der Waals surface area contributed by atoms with E-state index in [2.05, 4.69) is 10.3 Å². The Morgan fingerprint density at radius 2 is 1.88 bits per heavy atom. The fraction of sp³-hybridized carbons (Fsp3) is 0.500. The van der Waals surface area contributed by atoms with Gasteiger partial charge in [-0.05, 0) is 71.0 Å². The summed E-state index contributed by atoms with van der Waals surface area (Å²) in [6, 6.07) is 6.08. The lowest BCUT2D eigenvalue weighted by Gasteiger charge is -2.36. The Morgan fingerprint density at radius 3 is 2.48 bits per heavy atom. The molecule has 3 aromatic rings. The summed E-state index contributed by atoms with van der Waals surface area (Å²) in [4.78, 5) is 31.0. The fourth-order valence-electron chi connectivity index (χ4n) is 5.85. The number of thioether (sulfide) groups is 1. The molecule has 40 heavy (non-hydrogen) atoms. The lowest BCUT2D eigenvalue weighted by Crippen LogP contribution is -2.41. The van der Waals surface area contributed by atoms with Gasteiger partial charge in [0.2, 0.25) is 0 Å². The standard InChI is InChI=1S/C28H33F5N4O2S/c1-15-12-22(40-4)20(26(38)35-15)13-34-27(39)23-17(3)37(21-7-5-6-19(24(21)23)25(29)30)16(2)18-8-10-36(11-9-18)14-28(31,32)33/h5-7,12,16,18,25H,8-11,13-14H2,1-4H3,(H,34,39)(H,35,38). The Bertz CT molecular complexity index is 1440. The van der Waals surface area contributed by atoms with Crippen LogP contribution < -0.4 is 10.9 Å². The van der Waals surface area contributed by atoms with E-state index in [0.717, 1.165) is 0 Å². The molecule has 1 aromatic carbocycles. The number of rotatable bonds is 8. The van der Waals surface area contributed by atoms with Crippen LogP contribution in [0.25, 0.3) is 10.9 Å². The van der Waals surface area contributed by atoms with Crippen LogP contribution in [0.4, 0.5) is 22.0 Å². The molecule has 0 spiro atoms. The topological polar surface area (TPSA) is 70.1 Å². The molecule has 218 valence electrons. The van der Waals surface area contributed by atoms with Crippen molar-refractivity contribution in [1.82, 2.24) is 19.8 Å². The smallest absolute Gasteiger partial charge is 0.348 e. The Kier molecular flexibility index (Phi) is 8.99. The summed E-state index contributed by atoms with van der Waals surface area (Å²) in [5, 5.41) is 2.91. The van der Waals surface area contributed by atoms with Crippen molar-refractivity contribution < 1.29 is 26.7 Å². The van der Waals surface area contributed by atoms with Crippen molar-refractivity contribution >= 4 is 28.6 Å². The number of nitrogens with one attached hydrogen (secondary N) is 2. The Hall–Kier alpha value is -2.86. The second-order valence-corrected chi connectivity index (χ2v) is 11.2. The number of aryl methyl sites for hydroxylation is 1. The predicted octanol–water partition coefficient (Wildman–Crippen LogP) is 6.37. The Balaban J connectivity index is 1.68. The SMILES string of the molecule is CSc1cc(C)[nH]c(=O)c1CNC(=O)c1c(C)n(C(C)C2CCN(CC(F)(F)F)CC2)c2cccc(C(F)F)c12. The molecule has 6 nitrogen and oxygen atoms in total.